The van der Waals surface area contributed by atoms with Gasteiger partial charge in [0, 0.05) is 23.0 Å². The maximum atomic E-state index is 14.4. The number of hydrogen-bond acceptors (Lipinski definition) is 13. The molecule has 1 heterocycles. The summed E-state index contributed by atoms with van der Waals surface area (Å²) in [6.45, 7) is 12.7. The van der Waals surface area contributed by atoms with E-state index in [1.54, 1.807) is 0 Å². The highest BCUT2D eigenvalue weighted by molar-refractivity contribution is 8.24. The number of thioether (sulfide) groups is 2. The molecule has 70 heavy (non-hydrogen) atoms. The Morgan fingerprint density at radius 3 is 1.27 bits per heavy atom. The Hall–Kier alpha value is -7.00. The summed E-state index contributed by atoms with van der Waals surface area (Å²) in [7, 11) is 0. The summed E-state index contributed by atoms with van der Waals surface area (Å²) in [5.74, 6) is -1.56. The molecule has 5 aromatic rings. The van der Waals surface area contributed by atoms with Crippen LogP contribution in [-0.2, 0) is 9.47 Å². The number of benzene rings is 5. The van der Waals surface area contributed by atoms with Crippen LogP contribution in [0.4, 0.5) is 9.59 Å². The van der Waals surface area contributed by atoms with Gasteiger partial charge < -0.3 is 28.4 Å². The first-order valence-electron chi connectivity index (χ1n) is 23.9. The fourth-order valence-corrected chi connectivity index (χ4v) is 11.6. The standard InChI is InChI=1S/C56H52N2O10S2/c1-4-6-8-10-12-18-32-63-55(61)65-37-28-24-35(25-29-37)52(59)67-48-46-44-39-20-14-16-22-41(39)45(42-23-17-15-21-40(42)44)47(46)49(51-50(48)69-54(70-51)43(34-57)58-3)68-53(60)36-26-30-38(31-27-36)66-56(62)64-33-19-13-11-9-7-5-2/h14-17,20-31,44-45H,4-13,18-19,32-33H2,1-2H3. The van der Waals surface area contributed by atoms with Crippen LogP contribution in [0.5, 0.6) is 23.0 Å². The van der Waals surface area contributed by atoms with E-state index in [0.29, 0.717) is 25.2 Å². The van der Waals surface area contributed by atoms with Crippen molar-refractivity contribution >= 4 is 47.8 Å². The molecule has 2 bridgehead atoms. The molecule has 0 atom stereocenters. The molecule has 0 N–H and O–H groups in total. The zero-order valence-corrected chi connectivity index (χ0v) is 40.7. The summed E-state index contributed by atoms with van der Waals surface area (Å²) in [4.78, 5) is 58.0. The molecule has 358 valence electrons. The highest BCUT2D eigenvalue weighted by Crippen LogP contribution is 2.68. The third-order valence-corrected chi connectivity index (χ3v) is 15.0. The van der Waals surface area contributed by atoms with Gasteiger partial charge in [-0.3, -0.25) is 0 Å². The lowest BCUT2D eigenvalue weighted by molar-refractivity contribution is 0.0707. The van der Waals surface area contributed by atoms with Gasteiger partial charge in [0.25, 0.3) is 5.70 Å². The Labute approximate surface area is 416 Å². The van der Waals surface area contributed by atoms with Crippen LogP contribution in [0.25, 0.3) is 4.85 Å². The SMILES string of the molecule is [C-]#[N+]C(C#N)=C1Sc2c(OC(=O)c3ccc(OC(=O)OCCCCCCCC)cc3)c3c(c(OC(=O)c4ccc(OC(=O)OCCCCCCCC)cc4)c2S1)C1c2ccccc2C3c2ccccc21. The Bertz CT molecular complexity index is 2640. The van der Waals surface area contributed by atoms with E-state index in [4.69, 9.17) is 35.0 Å². The smallest absolute Gasteiger partial charge is 0.434 e. The van der Waals surface area contributed by atoms with Gasteiger partial charge >= 0.3 is 24.2 Å². The number of nitrogens with zero attached hydrogens (tertiary/aromatic N) is 2. The molecule has 5 aromatic carbocycles. The molecule has 0 radical (unpaired) electrons. The number of hydrogen-bond donors (Lipinski definition) is 0. The summed E-state index contributed by atoms with van der Waals surface area (Å²) >= 11 is 2.21. The van der Waals surface area contributed by atoms with Gasteiger partial charge in [0.2, 0.25) is 0 Å². The second-order valence-corrected chi connectivity index (χ2v) is 19.4. The first-order chi connectivity index (χ1) is 34.2. The Morgan fingerprint density at radius 1 is 0.543 bits per heavy atom. The van der Waals surface area contributed by atoms with Crippen molar-refractivity contribution in [2.75, 3.05) is 13.2 Å². The molecule has 9 rings (SSSR count). The van der Waals surface area contributed by atoms with E-state index in [2.05, 4.69) is 18.7 Å². The van der Waals surface area contributed by atoms with Gasteiger partial charge in [-0.15, -0.1) is 0 Å². The molecule has 4 aliphatic rings. The van der Waals surface area contributed by atoms with E-state index in [9.17, 15) is 24.4 Å². The molecule has 12 nitrogen and oxygen atoms in total. The minimum absolute atomic E-state index is 0.163. The number of rotatable bonds is 20. The van der Waals surface area contributed by atoms with Crippen LogP contribution in [0.2, 0.25) is 0 Å². The molecule has 0 spiro atoms. The van der Waals surface area contributed by atoms with Crippen LogP contribution in [0.15, 0.2) is 117 Å². The monoisotopic (exact) mass is 976 g/mol. The zero-order chi connectivity index (χ0) is 49.0. The van der Waals surface area contributed by atoms with Crippen molar-refractivity contribution < 1.29 is 47.6 Å². The Kier molecular flexibility index (Phi) is 16.6. The van der Waals surface area contributed by atoms with Crippen molar-refractivity contribution in [1.82, 2.24) is 0 Å². The van der Waals surface area contributed by atoms with Crippen LogP contribution < -0.4 is 18.9 Å². The quantitative estimate of drug-likeness (QED) is 0.0178. The van der Waals surface area contributed by atoms with Gasteiger partial charge in [0.1, 0.15) is 11.5 Å². The molecule has 0 amide bonds. The van der Waals surface area contributed by atoms with Crippen molar-refractivity contribution in [2.45, 2.75) is 113 Å². The van der Waals surface area contributed by atoms with Crippen LogP contribution in [0, 0.1) is 17.9 Å². The molecule has 0 saturated heterocycles. The van der Waals surface area contributed by atoms with Gasteiger partial charge in [-0.05, 0) is 83.6 Å². The Balaban J connectivity index is 1.10. The van der Waals surface area contributed by atoms with Gasteiger partial charge in [-0.25, -0.2) is 29.3 Å². The predicted octanol–water partition coefficient (Wildman–Crippen LogP) is 14.7. The second-order valence-electron chi connectivity index (χ2n) is 17.1. The molecule has 0 unspecified atom stereocenters. The zero-order valence-electron chi connectivity index (χ0n) is 39.1. The highest BCUT2D eigenvalue weighted by atomic mass is 32.2. The first kappa shape index (κ1) is 49.4. The number of fused-ring (bicyclic) bond motifs is 1. The van der Waals surface area contributed by atoms with Crippen molar-refractivity contribution in [3.8, 4) is 29.1 Å². The average molecular weight is 977 g/mol. The molecule has 0 aromatic heterocycles. The molecule has 3 aliphatic carbocycles. The van der Waals surface area contributed by atoms with Crippen molar-refractivity contribution in [2.24, 2.45) is 0 Å². The highest BCUT2D eigenvalue weighted by Gasteiger charge is 2.49. The lowest BCUT2D eigenvalue weighted by Crippen LogP contribution is -2.30. The van der Waals surface area contributed by atoms with Crippen LogP contribution in [0.3, 0.4) is 0 Å². The number of carbonyl (C=O) groups excluding carboxylic acids is 4. The fourth-order valence-electron chi connectivity index (χ4n) is 9.05. The Morgan fingerprint density at radius 2 is 0.914 bits per heavy atom. The van der Waals surface area contributed by atoms with Crippen molar-refractivity contribution in [3.05, 3.63) is 163 Å². The van der Waals surface area contributed by atoms with E-state index in [-0.39, 0.29) is 53.0 Å². The largest absolute Gasteiger partial charge is 0.513 e. The lowest BCUT2D eigenvalue weighted by Gasteiger charge is -2.43. The number of nitriles is 1. The number of carbonyl (C=O) groups is 4. The minimum Gasteiger partial charge on any atom is -0.434 e. The van der Waals surface area contributed by atoms with Gasteiger partial charge in [0.05, 0.1) is 51.0 Å². The summed E-state index contributed by atoms with van der Waals surface area (Å²) in [5, 5.41) is 10.1. The molecule has 0 fully saturated rings. The molecule has 0 saturated carbocycles. The number of ether oxygens (including phenoxy) is 6. The molecular formula is C56H52N2O10S2. The third kappa shape index (κ3) is 11.0. The average Bonchev–Trinajstić information content (AvgIpc) is 3.82. The third-order valence-electron chi connectivity index (χ3n) is 12.4. The maximum absolute atomic E-state index is 14.4. The summed E-state index contributed by atoms with van der Waals surface area (Å²) in [6, 6.07) is 29.9. The molecule has 14 heteroatoms. The fraction of sp³-hybridized carbons (Fsp3) is 0.321. The van der Waals surface area contributed by atoms with E-state index in [1.165, 1.54) is 61.4 Å². The molecular weight excluding hydrogens is 925 g/mol. The molecule has 1 aliphatic heterocycles. The topological polar surface area (TPSA) is 152 Å². The second kappa shape index (κ2) is 23.5. The minimum atomic E-state index is -0.834. The predicted molar refractivity (Wildman–Crippen MR) is 266 cm³/mol. The van der Waals surface area contributed by atoms with E-state index < -0.39 is 36.1 Å². The van der Waals surface area contributed by atoms with Gasteiger partial charge in [-0.1, -0.05) is 150 Å². The van der Waals surface area contributed by atoms with E-state index >= 15 is 0 Å². The van der Waals surface area contributed by atoms with Crippen molar-refractivity contribution in [3.63, 3.8) is 0 Å². The van der Waals surface area contributed by atoms with Crippen LogP contribution in [-0.4, -0.2) is 37.5 Å². The first-order valence-corrected chi connectivity index (χ1v) is 25.5. The summed E-state index contributed by atoms with van der Waals surface area (Å²) in [5.41, 5.74) is 5.35. The summed E-state index contributed by atoms with van der Waals surface area (Å²) < 4.78 is 34.6. The number of unbranched alkanes of at least 4 members (excludes halogenated alkanes) is 10. The lowest BCUT2D eigenvalue weighted by atomic mass is 9.60. The van der Waals surface area contributed by atoms with E-state index in [0.717, 1.165) is 110 Å². The summed E-state index contributed by atoms with van der Waals surface area (Å²) in [6.07, 6.45) is 10.9. The van der Waals surface area contributed by atoms with Crippen molar-refractivity contribution in [1.29, 1.82) is 5.26 Å². The number of esters is 2. The maximum Gasteiger partial charge on any atom is 0.513 e. The van der Waals surface area contributed by atoms with Crippen LogP contribution >= 0.6 is 23.5 Å². The van der Waals surface area contributed by atoms with Crippen LogP contribution in [0.1, 0.15) is 157 Å². The van der Waals surface area contributed by atoms with Gasteiger partial charge in [-0.2, -0.15) is 0 Å². The number of allylic oxidation sites excluding steroid dienone is 1. The van der Waals surface area contributed by atoms with E-state index in [1.807, 2.05) is 54.6 Å². The normalized spacial score (nSPS) is 14.4. The van der Waals surface area contributed by atoms with Gasteiger partial charge in [0.15, 0.2) is 11.5 Å².